The summed E-state index contributed by atoms with van der Waals surface area (Å²) in [6.45, 7) is 2.80. The Balaban J connectivity index is 1.55. The Morgan fingerprint density at radius 3 is 2.61 bits per heavy atom. The molecule has 4 aliphatic rings. The van der Waals surface area contributed by atoms with Crippen LogP contribution in [0.5, 0.6) is 0 Å². The lowest BCUT2D eigenvalue weighted by Gasteiger charge is -2.36. The van der Waals surface area contributed by atoms with Crippen molar-refractivity contribution in [3.05, 3.63) is 58.1 Å². The Morgan fingerprint density at radius 2 is 1.87 bits per heavy atom. The monoisotopic (exact) mass is 479 g/mol. The first-order chi connectivity index (χ1) is 15.0. The molecule has 1 spiro atoms. The molecule has 0 radical (unpaired) electrons. The number of fused-ring (bicyclic) bond motifs is 7. The third-order valence-corrected chi connectivity index (χ3v) is 8.08. The van der Waals surface area contributed by atoms with Crippen LogP contribution in [-0.4, -0.2) is 35.2 Å². The maximum atomic E-state index is 13.9. The molecule has 0 aromatic heterocycles. The van der Waals surface area contributed by atoms with Crippen LogP contribution in [0, 0.1) is 11.8 Å². The number of hydrogen-bond donors (Lipinski definition) is 1. The van der Waals surface area contributed by atoms with E-state index in [1.165, 1.54) is 4.90 Å². The highest BCUT2D eigenvalue weighted by atomic mass is 79.9. The Bertz CT molecular complexity index is 1150. The van der Waals surface area contributed by atoms with Crippen molar-refractivity contribution in [3.8, 4) is 0 Å². The molecule has 0 bridgehead atoms. The summed E-state index contributed by atoms with van der Waals surface area (Å²) in [6.07, 6.45) is 2.59. The Morgan fingerprint density at radius 1 is 1.10 bits per heavy atom. The second-order valence-corrected chi connectivity index (χ2v) is 9.76. The minimum atomic E-state index is -1.11. The number of nitrogens with zero attached hydrogens (tertiary/aromatic N) is 2. The molecule has 7 heteroatoms. The molecule has 31 heavy (non-hydrogen) atoms. The van der Waals surface area contributed by atoms with Gasteiger partial charge in [0.1, 0.15) is 5.54 Å². The van der Waals surface area contributed by atoms with Crippen molar-refractivity contribution >= 4 is 45.0 Å². The molecule has 3 amide bonds. The Labute approximate surface area is 188 Å². The number of hydrogen-bond acceptors (Lipinski definition) is 4. The zero-order valence-electron chi connectivity index (χ0n) is 17.1. The summed E-state index contributed by atoms with van der Waals surface area (Å²) in [4.78, 5) is 44.6. The fraction of sp³-hybridized carbons (Fsp3) is 0.375. The smallest absolute Gasteiger partial charge is 0.250 e. The van der Waals surface area contributed by atoms with Crippen LogP contribution in [-0.2, 0) is 26.3 Å². The van der Waals surface area contributed by atoms with Crippen LogP contribution in [0.2, 0.25) is 0 Å². The molecule has 2 aromatic rings. The summed E-state index contributed by atoms with van der Waals surface area (Å²) >= 11 is 3.41. The first kappa shape index (κ1) is 19.2. The zero-order chi connectivity index (χ0) is 21.5. The lowest BCUT2D eigenvalue weighted by Crippen LogP contribution is -2.54. The summed E-state index contributed by atoms with van der Waals surface area (Å²) < 4.78 is 0.880. The van der Waals surface area contributed by atoms with E-state index in [4.69, 9.17) is 0 Å². The highest BCUT2D eigenvalue weighted by Crippen LogP contribution is 2.60. The predicted molar refractivity (Wildman–Crippen MR) is 119 cm³/mol. The normalized spacial score (nSPS) is 31.4. The second kappa shape index (κ2) is 6.50. The second-order valence-electron chi connectivity index (χ2n) is 8.85. The van der Waals surface area contributed by atoms with Crippen molar-refractivity contribution in [2.24, 2.45) is 11.8 Å². The maximum absolute atomic E-state index is 13.9. The van der Waals surface area contributed by atoms with Crippen LogP contribution in [0.4, 0.5) is 11.4 Å². The third-order valence-electron chi connectivity index (χ3n) is 7.55. The van der Waals surface area contributed by atoms with Gasteiger partial charge in [0.2, 0.25) is 17.7 Å². The van der Waals surface area contributed by atoms with Crippen LogP contribution in [0.1, 0.15) is 30.9 Å². The fourth-order valence-corrected chi connectivity index (χ4v) is 6.58. The average molecular weight is 480 g/mol. The number of amides is 3. The van der Waals surface area contributed by atoms with E-state index in [0.717, 1.165) is 47.1 Å². The molecule has 1 N–H and O–H groups in total. The summed E-state index contributed by atoms with van der Waals surface area (Å²) in [5.41, 5.74) is 2.19. The van der Waals surface area contributed by atoms with Crippen molar-refractivity contribution in [1.82, 2.24) is 4.90 Å². The number of nitrogens with one attached hydrogen (secondary N) is 1. The van der Waals surface area contributed by atoms with Gasteiger partial charge < -0.3 is 5.32 Å². The molecule has 6 nitrogen and oxygen atoms in total. The average Bonchev–Trinajstić information content (AvgIpc) is 3.47. The van der Waals surface area contributed by atoms with Crippen molar-refractivity contribution in [3.63, 3.8) is 0 Å². The highest BCUT2D eigenvalue weighted by Gasteiger charge is 2.74. The molecule has 158 valence electrons. The van der Waals surface area contributed by atoms with Crippen molar-refractivity contribution in [2.75, 3.05) is 16.8 Å². The quantitative estimate of drug-likeness (QED) is 0.669. The third kappa shape index (κ3) is 2.28. The Kier molecular flexibility index (Phi) is 4.02. The van der Waals surface area contributed by atoms with E-state index >= 15 is 0 Å². The summed E-state index contributed by atoms with van der Waals surface area (Å²) in [5.74, 6) is -1.83. The van der Waals surface area contributed by atoms with Gasteiger partial charge in [0.05, 0.1) is 17.5 Å². The first-order valence-electron chi connectivity index (χ1n) is 10.8. The van der Waals surface area contributed by atoms with E-state index in [9.17, 15) is 14.4 Å². The van der Waals surface area contributed by atoms with Crippen molar-refractivity contribution < 1.29 is 14.4 Å². The molecule has 0 saturated carbocycles. The van der Waals surface area contributed by atoms with Crippen LogP contribution < -0.4 is 10.2 Å². The number of halogens is 1. The van der Waals surface area contributed by atoms with Crippen molar-refractivity contribution in [2.45, 2.75) is 37.8 Å². The topological polar surface area (TPSA) is 69.7 Å². The van der Waals surface area contributed by atoms with Crippen LogP contribution in [0.15, 0.2) is 46.9 Å². The number of aryl methyl sites for hydroxylation is 1. The largest absolute Gasteiger partial charge is 0.324 e. The predicted octanol–water partition coefficient (Wildman–Crippen LogP) is 3.44. The summed E-state index contributed by atoms with van der Waals surface area (Å²) in [6, 6.07) is 13.1. The lowest BCUT2D eigenvalue weighted by molar-refractivity contribution is -0.135. The Hall–Kier alpha value is -2.51. The molecule has 2 aromatic carbocycles. The van der Waals surface area contributed by atoms with Crippen LogP contribution in [0.3, 0.4) is 0 Å². The molecule has 4 heterocycles. The SMILES string of the molecule is CCc1ccc2c(c1)C1(C(=O)N2)C2C(=O)N(c3ccc(Br)cc3)C(=O)C2C2CCCN21. The number of carbonyl (C=O) groups excluding carboxylic acids is 3. The van der Waals surface area contributed by atoms with Crippen LogP contribution >= 0.6 is 15.9 Å². The van der Waals surface area contributed by atoms with Gasteiger partial charge in [-0.25, -0.2) is 4.90 Å². The molecular formula is C24H22BrN3O3. The molecule has 4 unspecified atom stereocenters. The van der Waals surface area contributed by atoms with Gasteiger partial charge in [0.25, 0.3) is 0 Å². The number of benzene rings is 2. The van der Waals surface area contributed by atoms with Gasteiger partial charge in [-0.2, -0.15) is 0 Å². The molecule has 4 aliphatic heterocycles. The summed E-state index contributed by atoms with van der Waals surface area (Å²) in [5, 5.41) is 3.04. The van der Waals surface area contributed by atoms with E-state index < -0.39 is 17.4 Å². The van der Waals surface area contributed by atoms with E-state index in [-0.39, 0.29) is 23.8 Å². The fourth-order valence-electron chi connectivity index (χ4n) is 6.31. The molecule has 3 saturated heterocycles. The number of carbonyl (C=O) groups is 3. The molecule has 4 atom stereocenters. The zero-order valence-corrected chi connectivity index (χ0v) is 18.7. The van der Waals surface area contributed by atoms with Gasteiger partial charge in [-0.15, -0.1) is 0 Å². The van der Waals surface area contributed by atoms with Gasteiger partial charge in [-0.1, -0.05) is 35.0 Å². The maximum Gasteiger partial charge on any atom is 0.250 e. The van der Waals surface area contributed by atoms with Gasteiger partial charge in [-0.05, 0) is 61.7 Å². The molecule has 3 fully saturated rings. The molecule has 0 aliphatic carbocycles. The number of rotatable bonds is 2. The standard InChI is InChI=1S/C24H22BrN3O3/c1-2-13-5-10-17-16(12-13)24(23(31)26-17)20-19(18-4-3-11-27(18)24)21(29)28(22(20)30)15-8-6-14(25)7-9-15/h5-10,12,18-20H,2-4,11H2,1H3,(H,26,31). The minimum absolute atomic E-state index is 0.0936. The van der Waals surface area contributed by atoms with Crippen LogP contribution in [0.25, 0.3) is 0 Å². The summed E-state index contributed by atoms with van der Waals surface area (Å²) in [7, 11) is 0. The van der Waals surface area contributed by atoms with E-state index in [0.29, 0.717) is 5.69 Å². The van der Waals surface area contributed by atoms with E-state index in [2.05, 4.69) is 39.1 Å². The lowest BCUT2D eigenvalue weighted by atomic mass is 9.75. The van der Waals surface area contributed by atoms with Gasteiger partial charge >= 0.3 is 0 Å². The van der Waals surface area contributed by atoms with Gasteiger partial charge in [0, 0.05) is 21.8 Å². The van der Waals surface area contributed by atoms with Gasteiger partial charge in [0.15, 0.2) is 0 Å². The van der Waals surface area contributed by atoms with E-state index in [1.807, 2.05) is 24.3 Å². The highest BCUT2D eigenvalue weighted by molar-refractivity contribution is 9.10. The number of anilines is 2. The van der Waals surface area contributed by atoms with E-state index in [1.54, 1.807) is 12.1 Å². The first-order valence-corrected chi connectivity index (χ1v) is 11.6. The minimum Gasteiger partial charge on any atom is -0.324 e. The van der Waals surface area contributed by atoms with Crippen molar-refractivity contribution in [1.29, 1.82) is 0 Å². The molecular weight excluding hydrogens is 458 g/mol. The van der Waals surface area contributed by atoms with Gasteiger partial charge in [-0.3, -0.25) is 19.3 Å². The number of imide groups is 1. The molecule has 6 rings (SSSR count).